The molecule has 0 radical (unpaired) electrons. The minimum atomic E-state index is -0.110. The number of nitrogens with zero attached hydrogens (tertiary/aromatic N) is 1. The Hall–Kier alpha value is -2.98. The monoisotopic (exact) mass is 358 g/mol. The second-order valence-electron chi connectivity index (χ2n) is 6.04. The first kappa shape index (κ1) is 16.5. The van der Waals surface area contributed by atoms with Crippen molar-refractivity contribution in [2.24, 2.45) is 0 Å². The number of carbonyl (C=O) groups is 1. The van der Waals surface area contributed by atoms with Gasteiger partial charge >= 0.3 is 0 Å². The third-order valence-electron chi connectivity index (χ3n) is 4.32. The van der Waals surface area contributed by atoms with Crippen molar-refractivity contribution in [2.45, 2.75) is 13.3 Å². The van der Waals surface area contributed by atoms with Gasteiger partial charge in [0.15, 0.2) is 0 Å². The van der Waals surface area contributed by atoms with Crippen LogP contribution in [0.5, 0.6) is 0 Å². The summed E-state index contributed by atoms with van der Waals surface area (Å²) in [6, 6.07) is 23.6. The number of fused-ring (bicyclic) bond motifs is 1. The highest BCUT2D eigenvalue weighted by Crippen LogP contribution is 2.34. The van der Waals surface area contributed by atoms with Crippen molar-refractivity contribution in [3.8, 4) is 10.6 Å². The van der Waals surface area contributed by atoms with Gasteiger partial charge in [-0.1, -0.05) is 43.3 Å². The molecule has 0 unspecified atom stereocenters. The van der Waals surface area contributed by atoms with Gasteiger partial charge in [0, 0.05) is 11.1 Å². The van der Waals surface area contributed by atoms with Crippen LogP contribution in [0.3, 0.4) is 0 Å². The second-order valence-corrected chi connectivity index (χ2v) is 7.07. The molecular weight excluding hydrogens is 340 g/mol. The normalized spacial score (nSPS) is 10.8. The zero-order valence-corrected chi connectivity index (χ0v) is 15.2. The SMILES string of the molecule is CCc1ccc(C(=O)Nc2ccccc2-c2nc3ccccc3s2)cc1. The Balaban J connectivity index is 1.66. The first-order valence-electron chi connectivity index (χ1n) is 8.60. The summed E-state index contributed by atoms with van der Waals surface area (Å²) in [5.74, 6) is -0.110. The Morgan fingerprint density at radius 3 is 2.46 bits per heavy atom. The Morgan fingerprint density at radius 2 is 1.69 bits per heavy atom. The molecule has 3 nitrogen and oxygen atoms in total. The van der Waals surface area contributed by atoms with Crippen LogP contribution in [0.1, 0.15) is 22.8 Å². The molecule has 0 aliphatic heterocycles. The molecule has 0 saturated heterocycles. The molecule has 1 amide bonds. The number of rotatable bonds is 4. The molecule has 0 bridgehead atoms. The van der Waals surface area contributed by atoms with Gasteiger partial charge in [0.1, 0.15) is 5.01 Å². The first-order valence-corrected chi connectivity index (χ1v) is 9.41. The number of thiazole rings is 1. The van der Waals surface area contributed by atoms with Crippen molar-refractivity contribution in [1.29, 1.82) is 0 Å². The average Bonchev–Trinajstić information content (AvgIpc) is 3.12. The van der Waals surface area contributed by atoms with E-state index in [0.29, 0.717) is 5.56 Å². The molecule has 0 spiro atoms. The Kier molecular flexibility index (Phi) is 4.50. The van der Waals surface area contributed by atoms with Crippen molar-refractivity contribution in [3.63, 3.8) is 0 Å². The molecule has 128 valence electrons. The number of anilines is 1. The van der Waals surface area contributed by atoms with E-state index in [2.05, 4.69) is 18.3 Å². The van der Waals surface area contributed by atoms with Gasteiger partial charge in [0.25, 0.3) is 5.91 Å². The topological polar surface area (TPSA) is 42.0 Å². The molecule has 4 aromatic rings. The molecule has 0 aliphatic rings. The molecule has 0 fully saturated rings. The molecule has 0 aliphatic carbocycles. The zero-order valence-electron chi connectivity index (χ0n) is 14.4. The molecule has 26 heavy (non-hydrogen) atoms. The van der Waals surface area contributed by atoms with Gasteiger partial charge in [-0.2, -0.15) is 0 Å². The summed E-state index contributed by atoms with van der Waals surface area (Å²) >= 11 is 1.63. The van der Waals surface area contributed by atoms with Gasteiger partial charge in [-0.25, -0.2) is 4.98 Å². The summed E-state index contributed by atoms with van der Waals surface area (Å²) in [5.41, 5.74) is 4.56. The minimum absolute atomic E-state index is 0.110. The standard InChI is InChI=1S/C22H18N2OS/c1-2-15-11-13-16(14-12-15)21(25)23-18-8-4-3-7-17(18)22-24-19-9-5-6-10-20(19)26-22/h3-14H,2H2,1H3,(H,23,25). The van der Waals surface area contributed by atoms with E-state index in [1.165, 1.54) is 5.56 Å². The van der Waals surface area contributed by atoms with E-state index in [1.807, 2.05) is 66.7 Å². The number of hydrogen-bond acceptors (Lipinski definition) is 3. The number of carbonyl (C=O) groups excluding carboxylic acids is 1. The van der Waals surface area contributed by atoms with Crippen LogP contribution in [-0.4, -0.2) is 10.9 Å². The number of aromatic nitrogens is 1. The highest BCUT2D eigenvalue weighted by atomic mass is 32.1. The summed E-state index contributed by atoms with van der Waals surface area (Å²) in [6.07, 6.45) is 0.961. The lowest BCUT2D eigenvalue weighted by atomic mass is 10.1. The van der Waals surface area contributed by atoms with Crippen LogP contribution in [0.2, 0.25) is 0 Å². The van der Waals surface area contributed by atoms with E-state index >= 15 is 0 Å². The van der Waals surface area contributed by atoms with Crippen LogP contribution in [0, 0.1) is 0 Å². The molecule has 3 aromatic carbocycles. The van der Waals surface area contributed by atoms with Gasteiger partial charge < -0.3 is 5.32 Å². The molecule has 4 heteroatoms. The maximum atomic E-state index is 12.6. The average molecular weight is 358 g/mol. The molecule has 0 atom stereocenters. The number of aryl methyl sites for hydroxylation is 1. The van der Waals surface area contributed by atoms with Gasteiger partial charge in [-0.3, -0.25) is 4.79 Å². The van der Waals surface area contributed by atoms with Crippen LogP contribution in [0.15, 0.2) is 72.8 Å². The Morgan fingerprint density at radius 1 is 0.962 bits per heavy atom. The van der Waals surface area contributed by atoms with Gasteiger partial charge in [0.05, 0.1) is 15.9 Å². The lowest BCUT2D eigenvalue weighted by molar-refractivity contribution is 0.102. The van der Waals surface area contributed by atoms with Crippen LogP contribution in [-0.2, 0) is 6.42 Å². The predicted molar refractivity (Wildman–Crippen MR) is 109 cm³/mol. The van der Waals surface area contributed by atoms with Crippen LogP contribution in [0.25, 0.3) is 20.8 Å². The highest BCUT2D eigenvalue weighted by molar-refractivity contribution is 7.21. The van der Waals surface area contributed by atoms with E-state index in [-0.39, 0.29) is 5.91 Å². The summed E-state index contributed by atoms with van der Waals surface area (Å²) in [4.78, 5) is 17.4. The van der Waals surface area contributed by atoms with Crippen LogP contribution in [0.4, 0.5) is 5.69 Å². The zero-order chi connectivity index (χ0) is 17.9. The van der Waals surface area contributed by atoms with E-state index < -0.39 is 0 Å². The van der Waals surface area contributed by atoms with E-state index in [9.17, 15) is 4.79 Å². The van der Waals surface area contributed by atoms with E-state index in [0.717, 1.165) is 32.9 Å². The van der Waals surface area contributed by atoms with Gasteiger partial charge in [-0.05, 0) is 48.4 Å². The van der Waals surface area contributed by atoms with Crippen molar-refractivity contribution in [3.05, 3.63) is 83.9 Å². The summed E-state index contributed by atoms with van der Waals surface area (Å²) in [5, 5.41) is 3.94. The number of amides is 1. The van der Waals surface area contributed by atoms with Crippen LogP contribution >= 0.6 is 11.3 Å². The maximum absolute atomic E-state index is 12.6. The quantitative estimate of drug-likeness (QED) is 0.502. The number of benzene rings is 3. The highest BCUT2D eigenvalue weighted by Gasteiger charge is 2.13. The van der Waals surface area contributed by atoms with Gasteiger partial charge in [-0.15, -0.1) is 11.3 Å². The number of nitrogens with one attached hydrogen (secondary N) is 1. The van der Waals surface area contributed by atoms with Crippen molar-refractivity contribution in [1.82, 2.24) is 4.98 Å². The van der Waals surface area contributed by atoms with Crippen molar-refractivity contribution < 1.29 is 4.79 Å². The predicted octanol–water partition coefficient (Wildman–Crippen LogP) is 5.78. The van der Waals surface area contributed by atoms with Gasteiger partial charge in [0.2, 0.25) is 0 Å². The second kappa shape index (κ2) is 7.10. The fourth-order valence-corrected chi connectivity index (χ4v) is 3.86. The smallest absolute Gasteiger partial charge is 0.255 e. The fraction of sp³-hybridized carbons (Fsp3) is 0.0909. The summed E-state index contributed by atoms with van der Waals surface area (Å²) < 4.78 is 1.14. The third-order valence-corrected chi connectivity index (χ3v) is 5.39. The lowest BCUT2D eigenvalue weighted by Gasteiger charge is -2.09. The lowest BCUT2D eigenvalue weighted by Crippen LogP contribution is -2.12. The largest absolute Gasteiger partial charge is 0.321 e. The molecule has 0 saturated carbocycles. The Labute approximate surface area is 156 Å². The summed E-state index contributed by atoms with van der Waals surface area (Å²) in [6.45, 7) is 2.10. The maximum Gasteiger partial charge on any atom is 0.255 e. The third kappa shape index (κ3) is 3.24. The first-order chi connectivity index (χ1) is 12.7. The molecule has 1 N–H and O–H groups in total. The van der Waals surface area contributed by atoms with Crippen LogP contribution < -0.4 is 5.32 Å². The molecule has 1 heterocycles. The van der Waals surface area contributed by atoms with E-state index in [4.69, 9.17) is 4.98 Å². The molecular formula is C22H18N2OS. The van der Waals surface area contributed by atoms with E-state index in [1.54, 1.807) is 11.3 Å². The number of para-hydroxylation sites is 2. The Bertz CT molecular complexity index is 1030. The molecule has 1 aromatic heterocycles. The van der Waals surface area contributed by atoms with Crippen molar-refractivity contribution in [2.75, 3.05) is 5.32 Å². The molecule has 4 rings (SSSR count). The minimum Gasteiger partial charge on any atom is -0.321 e. The number of hydrogen-bond donors (Lipinski definition) is 1. The fourth-order valence-electron chi connectivity index (χ4n) is 2.85. The van der Waals surface area contributed by atoms with Crippen molar-refractivity contribution >= 4 is 33.1 Å². The summed E-state index contributed by atoms with van der Waals surface area (Å²) in [7, 11) is 0.